The van der Waals surface area contributed by atoms with E-state index in [9.17, 15) is 21.6 Å². The van der Waals surface area contributed by atoms with Gasteiger partial charge in [-0.05, 0) is 20.8 Å². The van der Waals surface area contributed by atoms with Crippen molar-refractivity contribution in [3.8, 4) is 0 Å². The lowest BCUT2D eigenvalue weighted by Crippen LogP contribution is -2.35. The van der Waals surface area contributed by atoms with Crippen molar-refractivity contribution in [1.82, 2.24) is 5.32 Å². The molecule has 7 heteroatoms. The zero-order valence-corrected chi connectivity index (χ0v) is 10.5. The summed E-state index contributed by atoms with van der Waals surface area (Å²) in [6.07, 6.45) is -5.14. The van der Waals surface area contributed by atoms with Crippen LogP contribution in [0.4, 0.5) is 13.2 Å². The third-order valence-corrected chi connectivity index (χ3v) is 4.67. The highest BCUT2D eigenvalue weighted by molar-refractivity contribution is 7.92. The number of hydrogen-bond donors (Lipinski definition) is 1. The Labute approximate surface area is 94.3 Å². The van der Waals surface area contributed by atoms with E-state index in [-0.39, 0.29) is 18.8 Å². The molecule has 0 saturated heterocycles. The standard InChI is InChI=1S/C9H18F3NO2S/c1-8(2,3)16(14,15)7-6-13-5-4-9(10,11)12/h13H,4-7H2,1-3H3. The molecular weight excluding hydrogens is 243 g/mol. The first-order chi connectivity index (χ1) is 6.96. The minimum absolute atomic E-state index is 0.0513. The molecule has 0 aromatic rings. The molecule has 0 spiro atoms. The maximum Gasteiger partial charge on any atom is 0.390 e. The summed E-state index contributed by atoms with van der Waals surface area (Å²) < 4.78 is 57.5. The third-order valence-electron chi connectivity index (χ3n) is 2.07. The van der Waals surface area contributed by atoms with Crippen molar-refractivity contribution < 1.29 is 21.6 Å². The number of halogens is 3. The van der Waals surface area contributed by atoms with Gasteiger partial charge in [-0.1, -0.05) is 0 Å². The van der Waals surface area contributed by atoms with Crippen molar-refractivity contribution in [2.45, 2.75) is 38.1 Å². The van der Waals surface area contributed by atoms with Crippen LogP contribution in [0.1, 0.15) is 27.2 Å². The Hall–Kier alpha value is -0.300. The van der Waals surface area contributed by atoms with E-state index in [1.807, 2.05) is 0 Å². The summed E-state index contributed by atoms with van der Waals surface area (Å²) in [4.78, 5) is 0. The van der Waals surface area contributed by atoms with Gasteiger partial charge < -0.3 is 5.32 Å². The lowest BCUT2D eigenvalue weighted by atomic mass is 10.3. The van der Waals surface area contributed by atoms with Crippen LogP contribution >= 0.6 is 0 Å². The molecule has 0 aliphatic heterocycles. The highest BCUT2D eigenvalue weighted by Crippen LogP contribution is 2.18. The molecule has 0 radical (unpaired) electrons. The van der Waals surface area contributed by atoms with E-state index in [1.165, 1.54) is 0 Å². The topological polar surface area (TPSA) is 46.2 Å². The molecule has 98 valence electrons. The second-order valence-electron chi connectivity index (χ2n) is 4.55. The molecule has 0 aliphatic carbocycles. The van der Waals surface area contributed by atoms with Crippen LogP contribution in [0.15, 0.2) is 0 Å². The van der Waals surface area contributed by atoms with E-state index < -0.39 is 27.2 Å². The molecule has 3 nitrogen and oxygen atoms in total. The number of rotatable bonds is 5. The molecule has 0 fully saturated rings. The Bertz CT molecular complexity index is 304. The smallest absolute Gasteiger partial charge is 0.315 e. The van der Waals surface area contributed by atoms with Crippen molar-refractivity contribution in [2.75, 3.05) is 18.8 Å². The first-order valence-corrected chi connectivity index (χ1v) is 6.61. The van der Waals surface area contributed by atoms with Gasteiger partial charge in [0.25, 0.3) is 0 Å². The SMILES string of the molecule is CC(C)(C)S(=O)(=O)CCNCCC(F)(F)F. The molecule has 0 unspecified atom stereocenters. The van der Waals surface area contributed by atoms with Gasteiger partial charge in [-0.3, -0.25) is 0 Å². The van der Waals surface area contributed by atoms with Gasteiger partial charge in [0.1, 0.15) is 0 Å². The average molecular weight is 261 g/mol. The molecular formula is C9H18F3NO2S. The largest absolute Gasteiger partial charge is 0.390 e. The van der Waals surface area contributed by atoms with Gasteiger partial charge in [-0.2, -0.15) is 13.2 Å². The van der Waals surface area contributed by atoms with Crippen molar-refractivity contribution >= 4 is 9.84 Å². The number of alkyl halides is 3. The van der Waals surface area contributed by atoms with Gasteiger partial charge >= 0.3 is 6.18 Å². The highest BCUT2D eigenvalue weighted by Gasteiger charge is 2.29. The summed E-state index contributed by atoms with van der Waals surface area (Å²) >= 11 is 0. The molecule has 0 aromatic carbocycles. The average Bonchev–Trinajstić information content (AvgIpc) is 1.98. The summed E-state index contributed by atoms with van der Waals surface area (Å²) in [6.45, 7) is 4.51. The Balaban J connectivity index is 3.85. The summed E-state index contributed by atoms with van der Waals surface area (Å²) in [5, 5.41) is 2.47. The Morgan fingerprint density at radius 2 is 1.56 bits per heavy atom. The van der Waals surface area contributed by atoms with Crippen LogP contribution in [-0.4, -0.2) is 38.2 Å². The van der Waals surface area contributed by atoms with E-state index in [4.69, 9.17) is 0 Å². The molecule has 0 rings (SSSR count). The summed E-state index contributed by atoms with van der Waals surface area (Å²) in [6, 6.07) is 0. The van der Waals surface area contributed by atoms with Crippen molar-refractivity contribution in [3.05, 3.63) is 0 Å². The first-order valence-electron chi connectivity index (χ1n) is 4.95. The minimum atomic E-state index is -4.20. The summed E-state index contributed by atoms with van der Waals surface area (Å²) in [7, 11) is -3.26. The van der Waals surface area contributed by atoms with Gasteiger partial charge in [0.2, 0.25) is 0 Å². The lowest BCUT2D eigenvalue weighted by molar-refractivity contribution is -0.133. The van der Waals surface area contributed by atoms with Crippen LogP contribution < -0.4 is 5.32 Å². The molecule has 0 amide bonds. The van der Waals surface area contributed by atoms with Crippen LogP contribution in [0, 0.1) is 0 Å². The predicted molar refractivity (Wildman–Crippen MR) is 57.1 cm³/mol. The van der Waals surface area contributed by atoms with Gasteiger partial charge in [-0.25, -0.2) is 8.42 Å². The molecule has 0 atom stereocenters. The van der Waals surface area contributed by atoms with E-state index in [0.717, 1.165) is 0 Å². The normalized spacial score (nSPS) is 14.1. The summed E-state index contributed by atoms with van der Waals surface area (Å²) in [5.41, 5.74) is 0. The highest BCUT2D eigenvalue weighted by atomic mass is 32.2. The number of sulfone groups is 1. The molecule has 0 bridgehead atoms. The van der Waals surface area contributed by atoms with E-state index >= 15 is 0 Å². The van der Waals surface area contributed by atoms with Crippen LogP contribution in [0.5, 0.6) is 0 Å². The molecule has 0 saturated carbocycles. The second kappa shape index (κ2) is 5.35. The lowest BCUT2D eigenvalue weighted by Gasteiger charge is -2.19. The molecule has 16 heavy (non-hydrogen) atoms. The molecule has 0 aromatic heterocycles. The molecule has 0 aliphatic rings. The minimum Gasteiger partial charge on any atom is -0.315 e. The fraction of sp³-hybridized carbons (Fsp3) is 1.00. The zero-order valence-electron chi connectivity index (χ0n) is 9.69. The van der Waals surface area contributed by atoms with Gasteiger partial charge in [0.15, 0.2) is 9.84 Å². The van der Waals surface area contributed by atoms with Crippen LogP contribution in [0.25, 0.3) is 0 Å². The number of nitrogens with one attached hydrogen (secondary N) is 1. The van der Waals surface area contributed by atoms with E-state index in [2.05, 4.69) is 5.32 Å². The van der Waals surface area contributed by atoms with Crippen LogP contribution in [-0.2, 0) is 9.84 Å². The van der Waals surface area contributed by atoms with Gasteiger partial charge in [-0.15, -0.1) is 0 Å². The van der Waals surface area contributed by atoms with E-state index in [1.54, 1.807) is 20.8 Å². The summed E-state index contributed by atoms with van der Waals surface area (Å²) in [5.74, 6) is -0.144. The first kappa shape index (κ1) is 15.7. The maximum absolute atomic E-state index is 11.7. The quantitative estimate of drug-likeness (QED) is 0.767. The van der Waals surface area contributed by atoms with Crippen molar-refractivity contribution in [3.63, 3.8) is 0 Å². The molecule has 1 N–H and O–H groups in total. The fourth-order valence-electron chi connectivity index (χ4n) is 0.868. The maximum atomic E-state index is 11.7. The van der Waals surface area contributed by atoms with Crippen LogP contribution in [0.2, 0.25) is 0 Å². The molecule has 0 heterocycles. The Kier molecular flexibility index (Phi) is 5.25. The van der Waals surface area contributed by atoms with Crippen LogP contribution in [0.3, 0.4) is 0 Å². The van der Waals surface area contributed by atoms with E-state index in [0.29, 0.717) is 0 Å². The Morgan fingerprint density at radius 1 is 1.06 bits per heavy atom. The third kappa shape index (κ3) is 6.32. The van der Waals surface area contributed by atoms with Gasteiger partial charge in [0, 0.05) is 13.1 Å². The number of hydrogen-bond acceptors (Lipinski definition) is 3. The fourth-order valence-corrected chi connectivity index (χ4v) is 1.89. The van der Waals surface area contributed by atoms with Crippen molar-refractivity contribution in [2.24, 2.45) is 0 Å². The predicted octanol–water partition coefficient (Wildman–Crippen LogP) is 1.74. The zero-order chi connectivity index (χ0) is 13.0. The van der Waals surface area contributed by atoms with Gasteiger partial charge in [0.05, 0.1) is 16.9 Å². The monoisotopic (exact) mass is 261 g/mol. The second-order valence-corrected chi connectivity index (χ2v) is 7.41. The Morgan fingerprint density at radius 3 is 1.94 bits per heavy atom. The van der Waals surface area contributed by atoms with Crippen molar-refractivity contribution in [1.29, 1.82) is 0 Å².